The fourth-order valence-corrected chi connectivity index (χ4v) is 4.23. The Bertz CT molecular complexity index is 829. The summed E-state index contributed by atoms with van der Waals surface area (Å²) in [5.41, 5.74) is 2.91. The zero-order valence-corrected chi connectivity index (χ0v) is 34.3. The summed E-state index contributed by atoms with van der Waals surface area (Å²) in [4.78, 5) is 15.6. The third-order valence-electron chi connectivity index (χ3n) is 7.07. The van der Waals surface area contributed by atoms with Crippen LogP contribution in [0.4, 0.5) is 0 Å². The molecule has 0 unspecified atom stereocenters. The second-order valence-corrected chi connectivity index (χ2v) is 18.8. The van der Waals surface area contributed by atoms with E-state index in [9.17, 15) is 0 Å². The van der Waals surface area contributed by atoms with Crippen molar-refractivity contribution in [1.82, 2.24) is 24.7 Å². The third kappa shape index (κ3) is 32.8. The van der Waals surface area contributed by atoms with Gasteiger partial charge in [0.2, 0.25) is 0 Å². The van der Waals surface area contributed by atoms with Gasteiger partial charge in [0.15, 0.2) is 0 Å². The molecular weight excluding hydrogens is 570 g/mol. The van der Waals surface area contributed by atoms with Crippen molar-refractivity contribution in [2.45, 2.75) is 123 Å². The topological polar surface area (TPSA) is 54.0 Å². The molecule has 1 aromatic rings. The Labute approximate surface area is 288 Å². The summed E-state index contributed by atoms with van der Waals surface area (Å²) in [5.74, 6) is 0. The van der Waals surface area contributed by atoms with Crippen LogP contribution in [0.15, 0.2) is 18.6 Å². The number of hydrogen-bond donors (Lipinski definition) is 0. The lowest BCUT2D eigenvalue weighted by atomic mass is 9.93. The summed E-state index contributed by atoms with van der Waals surface area (Å²) in [7, 11) is 3.93. The van der Waals surface area contributed by atoms with E-state index < -0.39 is 0 Å². The van der Waals surface area contributed by atoms with Gasteiger partial charge < -0.3 is 19.3 Å². The SMILES string of the molecule is CC(C)(C)CN1CCOCC1.CC(C)(C)c1cnccn1.CCC(C)(C)C.CN1CCN(CC(C)(C)C)CC1.COCC(C)(C)C. The van der Waals surface area contributed by atoms with Crippen molar-refractivity contribution in [3.63, 3.8) is 0 Å². The number of ether oxygens (including phenoxy) is 2. The van der Waals surface area contributed by atoms with E-state index in [0.717, 1.165) is 38.6 Å². The molecule has 2 saturated heterocycles. The number of methoxy groups -OCH3 is 1. The minimum absolute atomic E-state index is 0.119. The van der Waals surface area contributed by atoms with Gasteiger partial charge >= 0.3 is 0 Å². The fourth-order valence-electron chi connectivity index (χ4n) is 4.23. The normalized spacial score (nSPS) is 17.2. The van der Waals surface area contributed by atoms with E-state index in [2.05, 4.69) is 142 Å². The third-order valence-corrected chi connectivity index (χ3v) is 7.07. The number of piperazine rings is 1. The first-order valence-electron chi connectivity index (χ1n) is 17.7. The number of likely N-dealkylation sites (N-methyl/N-ethyl adjacent to an activating group) is 1. The zero-order valence-electron chi connectivity index (χ0n) is 34.3. The van der Waals surface area contributed by atoms with Crippen LogP contribution in [0.3, 0.4) is 0 Å². The number of nitrogens with zero attached hydrogens (tertiary/aromatic N) is 5. The van der Waals surface area contributed by atoms with Gasteiger partial charge in [-0.05, 0) is 28.7 Å². The second kappa shape index (κ2) is 22.5. The number of aromatic nitrogens is 2. The van der Waals surface area contributed by atoms with Gasteiger partial charge in [-0.25, -0.2) is 0 Å². The van der Waals surface area contributed by atoms with Crippen LogP contribution in [0.5, 0.6) is 0 Å². The molecule has 7 heteroatoms. The lowest BCUT2D eigenvalue weighted by Gasteiger charge is -2.36. The highest BCUT2D eigenvalue weighted by Gasteiger charge is 2.20. The summed E-state index contributed by atoms with van der Waals surface area (Å²) in [6.45, 7) is 47.8. The molecule has 0 atom stereocenters. The maximum Gasteiger partial charge on any atom is 0.0640 e. The Morgan fingerprint density at radius 1 is 0.652 bits per heavy atom. The van der Waals surface area contributed by atoms with Gasteiger partial charge in [0.1, 0.15) is 0 Å². The van der Waals surface area contributed by atoms with Crippen molar-refractivity contribution in [3.05, 3.63) is 24.3 Å². The molecule has 0 amide bonds. The molecule has 0 aliphatic carbocycles. The standard InChI is InChI=1S/C10H22N2.C9H19NO.C8H12N2.C6H14O.C6H14/c1-10(2,3)9-12-7-5-11(4)6-8-12;1-9(2,3)8-10-4-6-11-7-5-10;1-8(2,3)7-6-9-4-5-10-7;1-6(2,3)5-7-4;1-5-6(2,3)4/h5-9H2,1-4H3;4-8H2,1-3H3;4-6H,1-3H3;5H2,1-4H3;5H2,1-4H3. The lowest BCUT2D eigenvalue weighted by molar-refractivity contribution is 0.0236. The average Bonchev–Trinajstić information content (AvgIpc) is 2.89. The van der Waals surface area contributed by atoms with Crippen molar-refractivity contribution in [2.75, 3.05) is 86.3 Å². The summed E-state index contributed by atoms with van der Waals surface area (Å²) >= 11 is 0. The minimum atomic E-state index is 0.119. The number of rotatable bonds is 3. The Kier molecular flexibility index (Phi) is 23.0. The van der Waals surface area contributed by atoms with Gasteiger partial charge in [-0.2, -0.15) is 0 Å². The molecule has 0 bridgehead atoms. The first-order chi connectivity index (χ1) is 20.8. The molecule has 3 heterocycles. The van der Waals surface area contributed by atoms with Crippen LogP contribution in [-0.2, 0) is 14.9 Å². The van der Waals surface area contributed by atoms with Crippen LogP contribution in [0.1, 0.15) is 123 Å². The summed E-state index contributed by atoms with van der Waals surface area (Å²) < 4.78 is 10.2. The Morgan fingerprint density at radius 2 is 1.09 bits per heavy atom. The minimum Gasteiger partial charge on any atom is -0.384 e. The molecule has 2 fully saturated rings. The van der Waals surface area contributed by atoms with E-state index >= 15 is 0 Å². The van der Waals surface area contributed by atoms with Crippen LogP contribution in [0.2, 0.25) is 0 Å². The molecule has 1 aromatic heterocycles. The van der Waals surface area contributed by atoms with Crippen molar-refractivity contribution < 1.29 is 9.47 Å². The van der Waals surface area contributed by atoms with Crippen LogP contribution in [0, 0.1) is 21.7 Å². The van der Waals surface area contributed by atoms with Crippen molar-refractivity contribution in [2.24, 2.45) is 21.7 Å². The second-order valence-electron chi connectivity index (χ2n) is 18.8. The smallest absolute Gasteiger partial charge is 0.0640 e. The van der Waals surface area contributed by atoms with E-state index in [1.54, 1.807) is 25.7 Å². The molecule has 3 rings (SSSR count). The molecule has 7 nitrogen and oxygen atoms in total. The van der Waals surface area contributed by atoms with Crippen molar-refractivity contribution >= 4 is 0 Å². The fraction of sp³-hybridized carbons (Fsp3) is 0.897. The average molecular weight is 652 g/mol. The highest BCUT2D eigenvalue weighted by molar-refractivity contribution is 5.07. The maximum atomic E-state index is 5.27. The summed E-state index contributed by atoms with van der Waals surface area (Å²) in [6.07, 6.45) is 6.49. The molecule has 274 valence electrons. The molecule has 0 N–H and O–H groups in total. The molecular formula is C39H81N5O2. The molecule has 0 spiro atoms. The zero-order chi connectivity index (χ0) is 36.2. The molecule has 2 aliphatic heterocycles. The van der Waals surface area contributed by atoms with E-state index in [1.807, 2.05) is 0 Å². The van der Waals surface area contributed by atoms with Gasteiger partial charge in [-0.1, -0.05) is 117 Å². The molecule has 0 radical (unpaired) electrons. The highest BCUT2D eigenvalue weighted by Crippen LogP contribution is 2.18. The van der Waals surface area contributed by atoms with Crippen LogP contribution in [-0.4, -0.2) is 111 Å². The van der Waals surface area contributed by atoms with Gasteiger partial charge in [0.05, 0.1) is 25.5 Å². The first kappa shape index (κ1) is 47.0. The number of morpholine rings is 1. The summed E-state index contributed by atoms with van der Waals surface area (Å²) in [5, 5.41) is 0. The van der Waals surface area contributed by atoms with E-state index in [1.165, 1.54) is 45.7 Å². The van der Waals surface area contributed by atoms with Crippen molar-refractivity contribution in [3.8, 4) is 0 Å². The van der Waals surface area contributed by atoms with Crippen molar-refractivity contribution in [1.29, 1.82) is 0 Å². The van der Waals surface area contributed by atoms with Crippen LogP contribution < -0.4 is 0 Å². The van der Waals surface area contributed by atoms with Gasteiger partial charge in [-0.3, -0.25) is 14.9 Å². The molecule has 2 aliphatic rings. The van der Waals surface area contributed by atoms with Crippen LogP contribution in [0.25, 0.3) is 0 Å². The monoisotopic (exact) mass is 652 g/mol. The highest BCUT2D eigenvalue weighted by atomic mass is 16.5. The van der Waals surface area contributed by atoms with Gasteiger partial charge in [0, 0.05) is 83.5 Å². The number of hydrogen-bond acceptors (Lipinski definition) is 7. The predicted molar refractivity (Wildman–Crippen MR) is 202 cm³/mol. The maximum absolute atomic E-state index is 5.27. The van der Waals surface area contributed by atoms with E-state index in [4.69, 9.17) is 9.47 Å². The van der Waals surface area contributed by atoms with Crippen LogP contribution >= 0.6 is 0 Å². The van der Waals surface area contributed by atoms with Gasteiger partial charge in [0.25, 0.3) is 0 Å². The first-order valence-corrected chi connectivity index (χ1v) is 17.7. The lowest BCUT2D eigenvalue weighted by Crippen LogP contribution is -2.47. The Hall–Kier alpha value is -1.12. The quantitative estimate of drug-likeness (QED) is 0.325. The Balaban J connectivity index is 0. The summed E-state index contributed by atoms with van der Waals surface area (Å²) in [6, 6.07) is 0. The largest absolute Gasteiger partial charge is 0.384 e. The van der Waals surface area contributed by atoms with E-state index in [-0.39, 0.29) is 5.41 Å². The molecule has 0 saturated carbocycles. The van der Waals surface area contributed by atoms with E-state index in [0.29, 0.717) is 21.7 Å². The molecule has 0 aromatic carbocycles. The molecule has 46 heavy (non-hydrogen) atoms. The Morgan fingerprint density at radius 3 is 1.35 bits per heavy atom. The predicted octanol–water partition coefficient (Wildman–Crippen LogP) is 8.54. The van der Waals surface area contributed by atoms with Gasteiger partial charge in [-0.15, -0.1) is 0 Å².